The van der Waals surface area contributed by atoms with Crippen molar-refractivity contribution < 1.29 is 17.9 Å². The van der Waals surface area contributed by atoms with Crippen LogP contribution in [0.1, 0.15) is 12.5 Å². The molecule has 1 aliphatic rings. The third kappa shape index (κ3) is 4.36. The van der Waals surface area contributed by atoms with Gasteiger partial charge in [0.25, 0.3) is 5.91 Å². The van der Waals surface area contributed by atoms with E-state index in [1.807, 2.05) is 6.92 Å². The predicted octanol–water partition coefficient (Wildman–Crippen LogP) is 1.40. The number of anilines is 2. The van der Waals surface area contributed by atoms with Gasteiger partial charge in [-0.25, -0.2) is 13.6 Å². The SMILES string of the molecule is CCN1C(=O)C(=NNC(=S)Nc2cccc(S(N)(=O)=O)c2)c2cc(OC)ccc21. The molecule has 0 spiro atoms. The van der Waals surface area contributed by atoms with E-state index in [0.717, 1.165) is 5.69 Å². The van der Waals surface area contributed by atoms with Gasteiger partial charge in [0.1, 0.15) is 5.75 Å². The lowest BCUT2D eigenvalue weighted by atomic mass is 10.1. The summed E-state index contributed by atoms with van der Waals surface area (Å²) in [5.41, 5.74) is 4.59. The Kier molecular flexibility index (Phi) is 5.82. The molecule has 0 aromatic heterocycles. The number of primary sulfonamides is 1. The zero-order valence-corrected chi connectivity index (χ0v) is 17.3. The standard InChI is InChI=1S/C18H19N5O4S2/c1-3-23-15-8-7-12(27-2)10-14(15)16(17(23)24)21-22-18(28)20-11-5-4-6-13(9-11)29(19,25)26/h4-10H,3H2,1-2H3,(H2,19,25,26)(H2,20,22,28). The smallest absolute Gasteiger partial charge is 0.279 e. The number of carbonyl (C=O) groups is 1. The van der Waals surface area contributed by atoms with Gasteiger partial charge in [-0.05, 0) is 55.5 Å². The van der Waals surface area contributed by atoms with Crippen molar-refractivity contribution in [2.24, 2.45) is 10.2 Å². The van der Waals surface area contributed by atoms with Crippen molar-refractivity contribution in [3.63, 3.8) is 0 Å². The van der Waals surface area contributed by atoms with Crippen molar-refractivity contribution in [1.82, 2.24) is 5.43 Å². The number of methoxy groups -OCH3 is 1. The highest BCUT2D eigenvalue weighted by Gasteiger charge is 2.33. The van der Waals surface area contributed by atoms with E-state index < -0.39 is 10.0 Å². The number of sulfonamides is 1. The summed E-state index contributed by atoms with van der Waals surface area (Å²) in [6, 6.07) is 11.2. The highest BCUT2D eigenvalue weighted by atomic mass is 32.2. The van der Waals surface area contributed by atoms with Crippen molar-refractivity contribution in [3.05, 3.63) is 48.0 Å². The number of nitrogens with one attached hydrogen (secondary N) is 2. The van der Waals surface area contributed by atoms with Crippen LogP contribution in [0.5, 0.6) is 5.75 Å². The fraction of sp³-hybridized carbons (Fsp3) is 0.167. The summed E-state index contributed by atoms with van der Waals surface area (Å²) in [6.45, 7) is 2.35. The van der Waals surface area contributed by atoms with Crippen LogP contribution in [0.2, 0.25) is 0 Å². The van der Waals surface area contributed by atoms with Gasteiger partial charge in [-0.1, -0.05) is 6.07 Å². The molecular formula is C18H19N5O4S2. The van der Waals surface area contributed by atoms with E-state index >= 15 is 0 Å². The monoisotopic (exact) mass is 433 g/mol. The summed E-state index contributed by atoms with van der Waals surface area (Å²) in [4.78, 5) is 14.2. The van der Waals surface area contributed by atoms with E-state index in [9.17, 15) is 13.2 Å². The van der Waals surface area contributed by atoms with Gasteiger partial charge in [0.05, 0.1) is 17.7 Å². The number of hydrazone groups is 1. The molecule has 0 bridgehead atoms. The maximum absolute atomic E-state index is 12.7. The van der Waals surface area contributed by atoms with Crippen molar-refractivity contribution in [2.75, 3.05) is 23.9 Å². The Labute approximate surface area is 173 Å². The second-order valence-electron chi connectivity index (χ2n) is 6.03. The van der Waals surface area contributed by atoms with E-state index in [0.29, 0.717) is 23.5 Å². The first kappa shape index (κ1) is 20.7. The zero-order valence-electron chi connectivity index (χ0n) is 15.7. The highest BCUT2D eigenvalue weighted by molar-refractivity contribution is 7.89. The molecule has 1 heterocycles. The minimum absolute atomic E-state index is 0.0535. The van der Waals surface area contributed by atoms with Gasteiger partial charge in [0.2, 0.25) is 10.0 Å². The Morgan fingerprint density at radius 2 is 2.03 bits per heavy atom. The second kappa shape index (κ2) is 8.15. The average molecular weight is 434 g/mol. The van der Waals surface area contributed by atoms with E-state index in [1.54, 1.807) is 36.3 Å². The molecule has 9 nitrogen and oxygen atoms in total. The summed E-state index contributed by atoms with van der Waals surface area (Å²) in [5.74, 6) is 0.338. The molecule has 0 saturated heterocycles. The van der Waals surface area contributed by atoms with Crippen LogP contribution in [-0.4, -0.2) is 38.8 Å². The summed E-state index contributed by atoms with van der Waals surface area (Å²) in [7, 11) is -2.29. The van der Waals surface area contributed by atoms with Crippen LogP contribution in [0.4, 0.5) is 11.4 Å². The van der Waals surface area contributed by atoms with E-state index in [1.165, 1.54) is 18.2 Å². The van der Waals surface area contributed by atoms with Crippen molar-refractivity contribution >= 4 is 50.3 Å². The first-order chi connectivity index (χ1) is 13.7. The number of nitrogens with two attached hydrogens (primary N) is 1. The zero-order chi connectivity index (χ0) is 21.2. The van der Waals surface area contributed by atoms with Gasteiger partial charge in [-0.2, -0.15) is 5.10 Å². The Morgan fingerprint density at radius 3 is 2.69 bits per heavy atom. The van der Waals surface area contributed by atoms with Crippen LogP contribution < -0.4 is 25.5 Å². The molecule has 11 heteroatoms. The molecule has 3 rings (SSSR count). The van der Waals surface area contributed by atoms with Crippen molar-refractivity contribution in [1.29, 1.82) is 0 Å². The molecule has 0 unspecified atom stereocenters. The van der Waals surface area contributed by atoms with Crippen LogP contribution in [0, 0.1) is 0 Å². The molecule has 4 N–H and O–H groups in total. The van der Waals surface area contributed by atoms with Crippen molar-refractivity contribution in [3.8, 4) is 5.75 Å². The van der Waals surface area contributed by atoms with Crippen LogP contribution in [-0.2, 0) is 14.8 Å². The predicted molar refractivity (Wildman–Crippen MR) is 115 cm³/mol. The summed E-state index contributed by atoms with van der Waals surface area (Å²) < 4.78 is 28.2. The molecule has 0 saturated carbocycles. The molecular weight excluding hydrogens is 414 g/mol. The maximum Gasteiger partial charge on any atom is 0.279 e. The molecule has 2 aromatic carbocycles. The van der Waals surface area contributed by atoms with Gasteiger partial charge in [0, 0.05) is 17.8 Å². The van der Waals surface area contributed by atoms with E-state index in [-0.39, 0.29) is 21.6 Å². The number of ether oxygens (including phenoxy) is 1. The van der Waals surface area contributed by atoms with E-state index in [4.69, 9.17) is 22.1 Å². The average Bonchev–Trinajstić information content (AvgIpc) is 2.95. The van der Waals surface area contributed by atoms with Gasteiger partial charge in [-0.15, -0.1) is 0 Å². The Balaban J connectivity index is 1.81. The normalized spacial score (nSPS) is 14.7. The fourth-order valence-electron chi connectivity index (χ4n) is 2.86. The summed E-state index contributed by atoms with van der Waals surface area (Å²) >= 11 is 5.19. The molecule has 0 atom stereocenters. The first-order valence-corrected chi connectivity index (χ1v) is 10.5. The Morgan fingerprint density at radius 1 is 1.28 bits per heavy atom. The molecule has 2 aromatic rings. The number of rotatable bonds is 5. The Bertz CT molecular complexity index is 1110. The Hall–Kier alpha value is -3.02. The van der Waals surface area contributed by atoms with E-state index in [2.05, 4.69) is 15.8 Å². The number of nitrogens with zero attached hydrogens (tertiary/aromatic N) is 2. The lowest BCUT2D eigenvalue weighted by Crippen LogP contribution is -2.32. The number of benzene rings is 2. The van der Waals surface area contributed by atoms with Crippen LogP contribution >= 0.6 is 12.2 Å². The number of fused-ring (bicyclic) bond motifs is 1. The molecule has 29 heavy (non-hydrogen) atoms. The number of amides is 1. The second-order valence-corrected chi connectivity index (χ2v) is 8.00. The molecule has 0 aliphatic carbocycles. The van der Waals surface area contributed by atoms with Gasteiger partial charge >= 0.3 is 0 Å². The van der Waals surface area contributed by atoms with Crippen LogP contribution in [0.15, 0.2) is 52.5 Å². The van der Waals surface area contributed by atoms with Crippen molar-refractivity contribution in [2.45, 2.75) is 11.8 Å². The molecule has 0 radical (unpaired) electrons. The molecule has 1 aliphatic heterocycles. The minimum atomic E-state index is -3.84. The molecule has 0 fully saturated rings. The number of hydrogen-bond acceptors (Lipinski definition) is 6. The maximum atomic E-state index is 12.7. The highest BCUT2D eigenvalue weighted by Crippen LogP contribution is 2.32. The number of hydrogen-bond donors (Lipinski definition) is 3. The lowest BCUT2D eigenvalue weighted by Gasteiger charge is -2.13. The topological polar surface area (TPSA) is 126 Å². The quantitative estimate of drug-likeness (QED) is 0.481. The van der Waals surface area contributed by atoms with Gasteiger partial charge in [0.15, 0.2) is 10.8 Å². The third-order valence-corrected chi connectivity index (χ3v) is 5.31. The van der Waals surface area contributed by atoms with Gasteiger partial charge < -0.3 is 15.0 Å². The lowest BCUT2D eigenvalue weighted by molar-refractivity contribution is -0.112. The third-order valence-electron chi connectivity index (χ3n) is 4.20. The summed E-state index contributed by atoms with van der Waals surface area (Å²) in [6.07, 6.45) is 0. The van der Waals surface area contributed by atoms with Crippen LogP contribution in [0.25, 0.3) is 0 Å². The number of likely N-dealkylation sites (N-methyl/N-ethyl adjacent to an activating group) is 1. The largest absolute Gasteiger partial charge is 0.497 e. The van der Waals surface area contributed by atoms with Gasteiger partial charge in [-0.3, -0.25) is 10.2 Å². The summed E-state index contributed by atoms with van der Waals surface area (Å²) in [5, 5.41) is 12.2. The fourth-order valence-corrected chi connectivity index (χ4v) is 3.58. The first-order valence-electron chi connectivity index (χ1n) is 8.52. The number of thiocarbonyl (C=S) groups is 1. The minimum Gasteiger partial charge on any atom is -0.497 e. The molecule has 152 valence electrons. The molecule has 1 amide bonds. The van der Waals surface area contributed by atoms with Crippen LogP contribution in [0.3, 0.4) is 0 Å². The number of carbonyl (C=O) groups excluding carboxylic acids is 1.